The molecule has 5 nitrogen and oxygen atoms in total. The van der Waals surface area contributed by atoms with E-state index in [9.17, 15) is 13.6 Å². The van der Waals surface area contributed by atoms with E-state index in [0.717, 1.165) is 4.34 Å². The van der Waals surface area contributed by atoms with Crippen molar-refractivity contribution in [2.45, 2.75) is 11.0 Å². The van der Waals surface area contributed by atoms with Crippen molar-refractivity contribution in [3.8, 4) is 5.75 Å². The van der Waals surface area contributed by atoms with Gasteiger partial charge in [-0.25, -0.2) is 0 Å². The van der Waals surface area contributed by atoms with Crippen LogP contribution < -0.4 is 10.1 Å². The number of amides is 1. The molecule has 0 aliphatic heterocycles. The Balaban J connectivity index is 1.96. The van der Waals surface area contributed by atoms with Crippen molar-refractivity contribution in [2.24, 2.45) is 0 Å². The van der Waals surface area contributed by atoms with E-state index in [1.165, 1.54) is 47.4 Å². The number of nitrogens with one attached hydrogen (secondary N) is 1. The lowest BCUT2D eigenvalue weighted by Gasteiger charge is -2.05. The molecule has 2 aromatic rings. The number of rotatable bonds is 7. The number of benzene rings is 1. The molecule has 1 amide bonds. The fraction of sp³-hybridized carbons (Fsp3) is 0.154. The Labute approximate surface area is 133 Å². The van der Waals surface area contributed by atoms with Gasteiger partial charge in [-0.1, -0.05) is 29.2 Å². The molecule has 2 rings (SSSR count). The summed E-state index contributed by atoms with van der Waals surface area (Å²) in [5, 5.41) is 10.7. The van der Waals surface area contributed by atoms with E-state index in [2.05, 4.69) is 26.8 Å². The minimum Gasteiger partial charge on any atom is -0.435 e. The zero-order valence-electron chi connectivity index (χ0n) is 11.2. The van der Waals surface area contributed by atoms with E-state index in [4.69, 9.17) is 0 Å². The van der Waals surface area contributed by atoms with Gasteiger partial charge in [0, 0.05) is 11.3 Å². The highest BCUT2D eigenvalue weighted by molar-refractivity contribution is 8.01. The molecule has 0 fully saturated rings. The third-order valence-corrected chi connectivity index (χ3v) is 4.26. The molecular weight excluding hydrogens is 332 g/mol. The van der Waals surface area contributed by atoms with E-state index < -0.39 is 12.5 Å². The first kappa shape index (κ1) is 16.4. The maximum Gasteiger partial charge on any atom is 0.387 e. The van der Waals surface area contributed by atoms with Crippen molar-refractivity contribution >= 4 is 34.1 Å². The predicted octanol–water partition coefficient (Wildman–Crippen LogP) is 3.67. The van der Waals surface area contributed by atoms with Crippen LogP contribution in [0.3, 0.4) is 0 Å². The number of carbonyl (C=O) groups excluding carboxylic acids is 1. The molecule has 0 saturated carbocycles. The monoisotopic (exact) mass is 343 g/mol. The first-order valence-corrected chi connectivity index (χ1v) is 7.82. The third-order valence-electron chi connectivity index (χ3n) is 2.29. The summed E-state index contributed by atoms with van der Waals surface area (Å²) in [6, 6.07) is 5.38. The number of hydrogen-bond donors (Lipinski definition) is 1. The second kappa shape index (κ2) is 7.85. The van der Waals surface area contributed by atoms with Crippen LogP contribution in [0.25, 0.3) is 0 Å². The average Bonchev–Trinajstić information content (AvgIpc) is 2.92. The number of aromatic nitrogens is 2. The molecule has 0 bridgehead atoms. The minimum absolute atomic E-state index is 0.00873. The van der Waals surface area contributed by atoms with Crippen molar-refractivity contribution in [1.29, 1.82) is 0 Å². The molecule has 0 atom stereocenters. The predicted molar refractivity (Wildman–Crippen MR) is 81.9 cm³/mol. The number of hydrogen-bond acceptors (Lipinski definition) is 6. The van der Waals surface area contributed by atoms with Crippen LogP contribution in [0.4, 0.5) is 13.9 Å². The lowest BCUT2D eigenvalue weighted by molar-refractivity contribution is -0.0498. The molecular formula is C13H11F2N3O2S2. The summed E-state index contributed by atoms with van der Waals surface area (Å²) in [6.45, 7) is 0.708. The van der Waals surface area contributed by atoms with E-state index in [1.807, 2.05) is 0 Å². The average molecular weight is 343 g/mol. The second-order valence-corrected chi connectivity index (χ2v) is 6.07. The SMILES string of the molecule is C=CCSc1nnc(NC(=O)c2ccc(OC(F)F)cc2)s1. The number of alkyl halides is 2. The second-order valence-electron chi connectivity index (χ2n) is 3.83. The highest BCUT2D eigenvalue weighted by Gasteiger charge is 2.11. The van der Waals surface area contributed by atoms with Crippen LogP contribution in [0.2, 0.25) is 0 Å². The van der Waals surface area contributed by atoms with Crippen LogP contribution >= 0.6 is 23.1 Å². The number of anilines is 1. The van der Waals surface area contributed by atoms with Gasteiger partial charge in [-0.15, -0.1) is 16.8 Å². The Bertz CT molecular complexity index is 647. The summed E-state index contributed by atoms with van der Waals surface area (Å²) in [4.78, 5) is 12.0. The molecule has 9 heteroatoms. The molecule has 0 unspecified atom stereocenters. The summed E-state index contributed by atoms with van der Waals surface area (Å²) in [6.07, 6.45) is 1.74. The van der Waals surface area contributed by atoms with Gasteiger partial charge in [-0.2, -0.15) is 8.78 Å². The van der Waals surface area contributed by atoms with E-state index >= 15 is 0 Å². The molecule has 1 N–H and O–H groups in total. The zero-order chi connectivity index (χ0) is 15.9. The molecule has 1 aromatic carbocycles. The zero-order valence-corrected chi connectivity index (χ0v) is 12.8. The maximum atomic E-state index is 12.0. The lowest BCUT2D eigenvalue weighted by Crippen LogP contribution is -2.11. The van der Waals surface area contributed by atoms with Gasteiger partial charge in [-0.3, -0.25) is 10.1 Å². The van der Waals surface area contributed by atoms with Crippen LogP contribution in [-0.2, 0) is 0 Å². The molecule has 0 aliphatic rings. The van der Waals surface area contributed by atoms with Gasteiger partial charge in [0.1, 0.15) is 5.75 Å². The highest BCUT2D eigenvalue weighted by Crippen LogP contribution is 2.25. The third kappa shape index (κ3) is 4.78. The summed E-state index contributed by atoms with van der Waals surface area (Å²) < 4.78 is 29.0. The smallest absolute Gasteiger partial charge is 0.387 e. The summed E-state index contributed by atoms with van der Waals surface area (Å²) in [7, 11) is 0. The van der Waals surface area contributed by atoms with Crippen LogP contribution in [0.5, 0.6) is 5.75 Å². The van der Waals surface area contributed by atoms with E-state index in [1.54, 1.807) is 6.08 Å². The van der Waals surface area contributed by atoms with Gasteiger partial charge < -0.3 is 4.74 Å². The molecule has 116 valence electrons. The molecule has 1 aromatic heterocycles. The van der Waals surface area contributed by atoms with Crippen LogP contribution in [0, 0.1) is 0 Å². The summed E-state index contributed by atoms with van der Waals surface area (Å²) in [5.74, 6) is 0.291. The number of thioether (sulfide) groups is 1. The molecule has 0 radical (unpaired) electrons. The normalized spacial score (nSPS) is 10.5. The topological polar surface area (TPSA) is 64.1 Å². The molecule has 0 saturated heterocycles. The number of ether oxygens (including phenoxy) is 1. The Morgan fingerprint density at radius 3 is 2.77 bits per heavy atom. The van der Waals surface area contributed by atoms with Crippen molar-refractivity contribution < 1.29 is 18.3 Å². The summed E-state index contributed by atoms with van der Waals surface area (Å²) >= 11 is 2.70. The maximum absolute atomic E-state index is 12.0. The minimum atomic E-state index is -2.90. The first-order valence-electron chi connectivity index (χ1n) is 6.02. The first-order chi connectivity index (χ1) is 10.6. The summed E-state index contributed by atoms with van der Waals surface area (Å²) in [5.41, 5.74) is 0.303. The van der Waals surface area contributed by atoms with Crippen LogP contribution in [0.1, 0.15) is 10.4 Å². The largest absolute Gasteiger partial charge is 0.435 e. The highest BCUT2D eigenvalue weighted by atomic mass is 32.2. The van der Waals surface area contributed by atoms with Gasteiger partial charge in [0.25, 0.3) is 5.91 Å². The Kier molecular flexibility index (Phi) is 5.84. The van der Waals surface area contributed by atoms with Crippen molar-refractivity contribution in [2.75, 3.05) is 11.1 Å². The van der Waals surface area contributed by atoms with Gasteiger partial charge in [0.2, 0.25) is 5.13 Å². The molecule has 0 aliphatic carbocycles. The van der Waals surface area contributed by atoms with Gasteiger partial charge >= 0.3 is 6.61 Å². The number of nitrogens with zero attached hydrogens (tertiary/aromatic N) is 2. The van der Waals surface area contributed by atoms with Crippen molar-refractivity contribution in [3.05, 3.63) is 42.5 Å². The standard InChI is InChI=1S/C13H11F2N3O2S2/c1-2-7-21-13-18-17-12(22-13)16-10(19)8-3-5-9(6-4-8)20-11(14)15/h2-6,11H,1,7H2,(H,16,17,19). The van der Waals surface area contributed by atoms with E-state index in [0.29, 0.717) is 16.4 Å². The van der Waals surface area contributed by atoms with E-state index in [-0.39, 0.29) is 5.75 Å². The lowest BCUT2D eigenvalue weighted by atomic mass is 10.2. The fourth-order valence-electron chi connectivity index (χ4n) is 1.41. The van der Waals surface area contributed by atoms with Gasteiger partial charge in [-0.05, 0) is 24.3 Å². The van der Waals surface area contributed by atoms with Gasteiger partial charge in [0.15, 0.2) is 4.34 Å². The number of carbonyl (C=O) groups is 1. The molecule has 1 heterocycles. The Morgan fingerprint density at radius 1 is 1.41 bits per heavy atom. The number of halogens is 2. The fourth-order valence-corrected chi connectivity index (χ4v) is 2.91. The quantitative estimate of drug-likeness (QED) is 0.472. The van der Waals surface area contributed by atoms with Crippen LogP contribution in [0.15, 0.2) is 41.3 Å². The van der Waals surface area contributed by atoms with Gasteiger partial charge in [0.05, 0.1) is 0 Å². The van der Waals surface area contributed by atoms with Crippen molar-refractivity contribution in [3.63, 3.8) is 0 Å². The molecule has 22 heavy (non-hydrogen) atoms. The Morgan fingerprint density at radius 2 is 2.14 bits per heavy atom. The van der Waals surface area contributed by atoms with Crippen LogP contribution in [-0.4, -0.2) is 28.5 Å². The van der Waals surface area contributed by atoms with Crippen molar-refractivity contribution in [1.82, 2.24) is 10.2 Å². The molecule has 0 spiro atoms. The Hall–Kier alpha value is -2.00.